The molecule has 0 bridgehead atoms. The fourth-order valence-electron chi connectivity index (χ4n) is 2.11. The molecule has 0 heterocycles. The second-order valence-electron chi connectivity index (χ2n) is 5.98. The van der Waals surface area contributed by atoms with Crippen LogP contribution >= 0.6 is 0 Å². The zero-order valence-corrected chi connectivity index (χ0v) is 13.1. The van der Waals surface area contributed by atoms with Crippen LogP contribution in [0.15, 0.2) is 24.3 Å². The molecule has 0 radical (unpaired) electrons. The monoisotopic (exact) mass is 302 g/mol. The smallest absolute Gasteiger partial charge is 0.327 e. The summed E-state index contributed by atoms with van der Waals surface area (Å²) in [6.45, 7) is 6.81. The Morgan fingerprint density at radius 3 is 2.33 bits per heavy atom. The van der Waals surface area contributed by atoms with Gasteiger partial charge in [0, 0.05) is 12.1 Å². The third kappa shape index (κ3) is 5.32. The maximum atomic E-state index is 12.7. The Bertz CT molecular complexity index is 443. The topological polar surface area (TPSA) is 29.3 Å². The van der Waals surface area contributed by atoms with Crippen LogP contribution in [-0.4, -0.2) is 24.5 Å². The summed E-state index contributed by atoms with van der Waals surface area (Å²) in [5.74, 6) is 0.405. The molecule has 2 atom stereocenters. The SMILES string of the molecule is CC(C)C(N)CCN(C)C(C)c1cccc(C(F)(F)F)c1. The van der Waals surface area contributed by atoms with Gasteiger partial charge in [0.25, 0.3) is 0 Å². The largest absolute Gasteiger partial charge is 0.416 e. The van der Waals surface area contributed by atoms with E-state index in [-0.39, 0.29) is 12.1 Å². The highest BCUT2D eigenvalue weighted by Gasteiger charge is 2.30. The van der Waals surface area contributed by atoms with Gasteiger partial charge in [-0.2, -0.15) is 13.2 Å². The first kappa shape index (κ1) is 18.0. The van der Waals surface area contributed by atoms with Gasteiger partial charge in [0.1, 0.15) is 0 Å². The van der Waals surface area contributed by atoms with Crippen LogP contribution in [-0.2, 0) is 6.18 Å². The first-order valence-electron chi connectivity index (χ1n) is 7.26. The molecule has 0 aliphatic carbocycles. The lowest BCUT2D eigenvalue weighted by molar-refractivity contribution is -0.137. The van der Waals surface area contributed by atoms with Crippen molar-refractivity contribution in [2.45, 2.75) is 45.5 Å². The van der Waals surface area contributed by atoms with Gasteiger partial charge in [0.2, 0.25) is 0 Å². The average molecular weight is 302 g/mol. The summed E-state index contributed by atoms with van der Waals surface area (Å²) in [5, 5.41) is 0. The molecule has 0 aromatic heterocycles. The average Bonchev–Trinajstić information content (AvgIpc) is 2.42. The van der Waals surface area contributed by atoms with Crippen molar-refractivity contribution in [2.24, 2.45) is 11.7 Å². The van der Waals surface area contributed by atoms with Gasteiger partial charge in [-0.25, -0.2) is 0 Å². The van der Waals surface area contributed by atoms with E-state index < -0.39 is 11.7 Å². The Balaban J connectivity index is 2.72. The molecule has 0 fully saturated rings. The summed E-state index contributed by atoms with van der Waals surface area (Å²) in [4.78, 5) is 2.04. The fourth-order valence-corrected chi connectivity index (χ4v) is 2.11. The van der Waals surface area contributed by atoms with Crippen molar-refractivity contribution in [1.82, 2.24) is 4.90 Å². The predicted octanol–water partition coefficient (Wildman–Crippen LogP) is 4.07. The molecule has 2 unspecified atom stereocenters. The van der Waals surface area contributed by atoms with Gasteiger partial charge in [-0.1, -0.05) is 26.0 Å². The molecule has 1 aromatic carbocycles. The number of alkyl halides is 3. The fraction of sp³-hybridized carbons (Fsp3) is 0.625. The van der Waals surface area contributed by atoms with E-state index >= 15 is 0 Å². The van der Waals surface area contributed by atoms with E-state index in [1.54, 1.807) is 6.07 Å². The number of rotatable bonds is 6. The highest BCUT2D eigenvalue weighted by molar-refractivity contribution is 5.27. The molecule has 21 heavy (non-hydrogen) atoms. The Morgan fingerprint density at radius 2 is 1.81 bits per heavy atom. The first-order chi connectivity index (χ1) is 9.62. The summed E-state index contributed by atoms with van der Waals surface area (Å²) >= 11 is 0. The van der Waals surface area contributed by atoms with E-state index in [1.165, 1.54) is 12.1 Å². The van der Waals surface area contributed by atoms with Crippen molar-refractivity contribution in [3.63, 3.8) is 0 Å². The Kier molecular flexibility index (Phi) is 6.23. The Labute approximate surface area is 125 Å². The summed E-state index contributed by atoms with van der Waals surface area (Å²) in [5.41, 5.74) is 6.08. The molecular formula is C16H25F3N2. The van der Waals surface area contributed by atoms with Gasteiger partial charge < -0.3 is 5.73 Å². The lowest BCUT2D eigenvalue weighted by Crippen LogP contribution is -2.33. The summed E-state index contributed by atoms with van der Waals surface area (Å²) in [6.07, 6.45) is -3.47. The van der Waals surface area contributed by atoms with Crippen LogP contribution in [0.2, 0.25) is 0 Å². The van der Waals surface area contributed by atoms with E-state index in [9.17, 15) is 13.2 Å². The van der Waals surface area contributed by atoms with Crippen LogP contribution in [0.1, 0.15) is 44.4 Å². The molecule has 2 N–H and O–H groups in total. The minimum absolute atomic E-state index is 0.0772. The molecular weight excluding hydrogens is 277 g/mol. The Morgan fingerprint density at radius 1 is 1.19 bits per heavy atom. The molecule has 1 rings (SSSR count). The molecule has 0 spiro atoms. The van der Waals surface area contributed by atoms with Crippen molar-refractivity contribution < 1.29 is 13.2 Å². The maximum absolute atomic E-state index is 12.7. The van der Waals surface area contributed by atoms with Crippen LogP contribution in [0, 0.1) is 5.92 Å². The quantitative estimate of drug-likeness (QED) is 0.858. The van der Waals surface area contributed by atoms with Gasteiger partial charge in [-0.05, 0) is 50.6 Å². The van der Waals surface area contributed by atoms with Gasteiger partial charge in [-0.15, -0.1) is 0 Å². The maximum Gasteiger partial charge on any atom is 0.416 e. The van der Waals surface area contributed by atoms with Gasteiger partial charge in [0.05, 0.1) is 5.56 Å². The number of hydrogen-bond donors (Lipinski definition) is 1. The number of benzene rings is 1. The highest BCUT2D eigenvalue weighted by Crippen LogP contribution is 2.31. The minimum Gasteiger partial charge on any atom is -0.327 e. The van der Waals surface area contributed by atoms with E-state index in [0.717, 1.165) is 19.0 Å². The lowest BCUT2D eigenvalue weighted by atomic mass is 10.0. The van der Waals surface area contributed by atoms with E-state index in [2.05, 4.69) is 13.8 Å². The van der Waals surface area contributed by atoms with Crippen molar-refractivity contribution in [3.8, 4) is 0 Å². The number of hydrogen-bond acceptors (Lipinski definition) is 2. The van der Waals surface area contributed by atoms with Gasteiger partial charge in [0.15, 0.2) is 0 Å². The third-order valence-corrected chi connectivity index (χ3v) is 4.03. The van der Waals surface area contributed by atoms with Crippen molar-refractivity contribution in [2.75, 3.05) is 13.6 Å². The van der Waals surface area contributed by atoms with Crippen LogP contribution in [0.3, 0.4) is 0 Å². The number of nitrogens with zero attached hydrogens (tertiary/aromatic N) is 1. The molecule has 120 valence electrons. The Hall–Kier alpha value is -1.07. The molecule has 0 saturated carbocycles. The lowest BCUT2D eigenvalue weighted by Gasteiger charge is -2.27. The van der Waals surface area contributed by atoms with E-state index in [1.807, 2.05) is 18.9 Å². The van der Waals surface area contributed by atoms with Crippen LogP contribution in [0.25, 0.3) is 0 Å². The molecule has 0 saturated heterocycles. The molecule has 5 heteroatoms. The summed E-state index contributed by atoms with van der Waals surface area (Å²) in [6, 6.07) is 5.56. The first-order valence-corrected chi connectivity index (χ1v) is 7.26. The number of nitrogens with two attached hydrogens (primary N) is 1. The second-order valence-corrected chi connectivity index (χ2v) is 5.98. The molecule has 0 aliphatic rings. The molecule has 2 nitrogen and oxygen atoms in total. The normalized spacial score (nSPS) is 15.5. The zero-order valence-electron chi connectivity index (χ0n) is 13.1. The summed E-state index contributed by atoms with van der Waals surface area (Å²) in [7, 11) is 1.91. The van der Waals surface area contributed by atoms with Crippen molar-refractivity contribution >= 4 is 0 Å². The van der Waals surface area contributed by atoms with E-state index in [0.29, 0.717) is 11.5 Å². The van der Waals surface area contributed by atoms with Crippen LogP contribution < -0.4 is 5.73 Å². The molecule has 1 aromatic rings. The van der Waals surface area contributed by atoms with Gasteiger partial charge >= 0.3 is 6.18 Å². The molecule has 0 amide bonds. The standard InChI is InChI=1S/C16H25F3N2/c1-11(2)15(20)8-9-21(4)12(3)13-6-5-7-14(10-13)16(17,18)19/h5-7,10-12,15H,8-9,20H2,1-4H3. The van der Waals surface area contributed by atoms with Gasteiger partial charge in [-0.3, -0.25) is 4.90 Å². The van der Waals surface area contributed by atoms with E-state index in [4.69, 9.17) is 5.73 Å². The predicted molar refractivity (Wildman–Crippen MR) is 79.9 cm³/mol. The van der Waals surface area contributed by atoms with Crippen molar-refractivity contribution in [1.29, 1.82) is 0 Å². The highest BCUT2D eigenvalue weighted by atomic mass is 19.4. The second kappa shape index (κ2) is 7.27. The summed E-state index contributed by atoms with van der Waals surface area (Å²) < 4.78 is 38.2. The minimum atomic E-state index is -4.30. The zero-order chi connectivity index (χ0) is 16.2. The third-order valence-electron chi connectivity index (χ3n) is 4.03. The van der Waals surface area contributed by atoms with Crippen LogP contribution in [0.5, 0.6) is 0 Å². The number of halogens is 3. The van der Waals surface area contributed by atoms with Crippen LogP contribution in [0.4, 0.5) is 13.2 Å². The molecule has 0 aliphatic heterocycles. The van der Waals surface area contributed by atoms with Crippen molar-refractivity contribution in [3.05, 3.63) is 35.4 Å².